The minimum atomic E-state index is -3.51. The lowest BCUT2D eigenvalue weighted by Crippen LogP contribution is -2.30. The highest BCUT2D eigenvalue weighted by atomic mass is 32.2. The topological polar surface area (TPSA) is 92.3 Å². The number of rotatable bonds is 7. The Hall–Kier alpha value is -3.56. The molecule has 0 saturated heterocycles. The molecule has 3 aromatic carbocycles. The number of aryl methyl sites for hydroxylation is 3. The highest BCUT2D eigenvalue weighted by Crippen LogP contribution is 2.29. The van der Waals surface area contributed by atoms with Crippen LogP contribution in [0, 0.1) is 20.8 Å². The molecule has 4 aromatic rings. The van der Waals surface area contributed by atoms with Crippen LogP contribution in [-0.2, 0) is 16.6 Å². The van der Waals surface area contributed by atoms with Gasteiger partial charge in [-0.15, -0.1) is 10.2 Å². The van der Waals surface area contributed by atoms with Gasteiger partial charge in [0.15, 0.2) is 0 Å². The van der Waals surface area contributed by atoms with Crippen LogP contribution in [0.3, 0.4) is 0 Å². The van der Waals surface area contributed by atoms with Crippen molar-refractivity contribution >= 4 is 38.1 Å². The Labute approximate surface area is 209 Å². The van der Waals surface area contributed by atoms with Crippen molar-refractivity contribution in [3.63, 3.8) is 0 Å². The molecule has 0 atom stereocenters. The normalized spacial score (nSPS) is 11.3. The largest absolute Gasteiger partial charge is 0.296 e. The molecule has 0 unspecified atom stereocenters. The summed E-state index contributed by atoms with van der Waals surface area (Å²) in [7, 11) is -3.51. The van der Waals surface area contributed by atoms with Gasteiger partial charge in [0, 0.05) is 11.1 Å². The molecule has 1 aromatic heterocycles. The molecular weight excluding hydrogens is 480 g/mol. The van der Waals surface area contributed by atoms with Crippen LogP contribution in [0.1, 0.15) is 32.6 Å². The summed E-state index contributed by atoms with van der Waals surface area (Å²) in [6.07, 6.45) is 1.20. The predicted molar refractivity (Wildman–Crippen MR) is 141 cm³/mol. The predicted octanol–water partition coefficient (Wildman–Crippen LogP) is 5.35. The molecular formula is C26H26N4O3S2. The van der Waals surface area contributed by atoms with Crippen molar-refractivity contribution in [3.05, 3.63) is 94.5 Å². The number of aromatic nitrogens is 2. The molecule has 0 aliphatic carbocycles. The van der Waals surface area contributed by atoms with Gasteiger partial charge in [0.05, 0.1) is 18.5 Å². The number of anilines is 2. The number of para-hydroxylation sites is 1. The highest BCUT2D eigenvalue weighted by Gasteiger charge is 2.21. The van der Waals surface area contributed by atoms with E-state index in [9.17, 15) is 13.2 Å². The van der Waals surface area contributed by atoms with E-state index in [0.29, 0.717) is 16.4 Å². The minimum Gasteiger partial charge on any atom is -0.296 e. The third-order valence-corrected chi connectivity index (χ3v) is 7.58. The van der Waals surface area contributed by atoms with Crippen molar-refractivity contribution in [1.29, 1.82) is 0 Å². The van der Waals surface area contributed by atoms with E-state index in [1.165, 1.54) is 21.9 Å². The van der Waals surface area contributed by atoms with Crippen molar-refractivity contribution in [1.82, 2.24) is 10.2 Å². The molecule has 1 amide bonds. The second-order valence-electron chi connectivity index (χ2n) is 8.44. The van der Waals surface area contributed by atoms with Gasteiger partial charge in [0.1, 0.15) is 5.01 Å². The average molecular weight is 507 g/mol. The van der Waals surface area contributed by atoms with Crippen LogP contribution in [-0.4, -0.2) is 30.8 Å². The van der Waals surface area contributed by atoms with Gasteiger partial charge in [-0.2, -0.15) is 0 Å². The molecule has 1 heterocycles. The Morgan fingerprint density at radius 3 is 2.14 bits per heavy atom. The maximum atomic E-state index is 12.7. The van der Waals surface area contributed by atoms with Gasteiger partial charge >= 0.3 is 0 Å². The smallest absolute Gasteiger partial charge is 0.257 e. The van der Waals surface area contributed by atoms with E-state index in [1.54, 1.807) is 24.3 Å². The highest BCUT2D eigenvalue weighted by molar-refractivity contribution is 7.92. The lowest BCUT2D eigenvalue weighted by Gasteiger charge is -2.26. The van der Waals surface area contributed by atoms with Crippen LogP contribution >= 0.6 is 11.3 Å². The number of nitrogens with zero attached hydrogens (tertiary/aromatic N) is 3. The Kier molecular flexibility index (Phi) is 7.00. The summed E-state index contributed by atoms with van der Waals surface area (Å²) in [4.78, 5) is 12.7. The van der Waals surface area contributed by atoms with E-state index in [1.807, 2.05) is 63.2 Å². The zero-order valence-electron chi connectivity index (χ0n) is 19.9. The van der Waals surface area contributed by atoms with E-state index >= 15 is 0 Å². The van der Waals surface area contributed by atoms with Gasteiger partial charge in [-0.25, -0.2) is 8.42 Å². The van der Waals surface area contributed by atoms with Gasteiger partial charge in [-0.3, -0.25) is 14.4 Å². The second kappa shape index (κ2) is 9.97. The monoisotopic (exact) mass is 506 g/mol. The van der Waals surface area contributed by atoms with Gasteiger partial charge < -0.3 is 0 Å². The Morgan fingerprint density at radius 1 is 0.914 bits per heavy atom. The standard InChI is InChI=1S/C26H26N4O3S2/c1-17-8-12-22(13-9-17)25-28-29-26(34-25)27-24(31)21-14-10-20(11-15-21)16-30(35(4,32)33)23-18(2)6-5-7-19(23)3/h5-15H,16H2,1-4H3,(H,27,29,31). The van der Waals surface area contributed by atoms with E-state index in [4.69, 9.17) is 0 Å². The van der Waals surface area contributed by atoms with E-state index < -0.39 is 10.0 Å². The first-order chi connectivity index (χ1) is 16.6. The molecule has 35 heavy (non-hydrogen) atoms. The third kappa shape index (κ3) is 5.75. The average Bonchev–Trinajstić information content (AvgIpc) is 3.27. The van der Waals surface area contributed by atoms with Gasteiger partial charge in [-0.05, 0) is 49.6 Å². The number of nitrogens with one attached hydrogen (secondary N) is 1. The fourth-order valence-corrected chi connectivity index (χ4v) is 5.49. The molecule has 0 radical (unpaired) electrons. The number of hydrogen-bond acceptors (Lipinski definition) is 6. The van der Waals surface area contributed by atoms with Crippen molar-refractivity contribution in [2.45, 2.75) is 27.3 Å². The number of hydrogen-bond donors (Lipinski definition) is 1. The van der Waals surface area contributed by atoms with E-state index in [-0.39, 0.29) is 12.5 Å². The minimum absolute atomic E-state index is 0.169. The van der Waals surface area contributed by atoms with E-state index in [2.05, 4.69) is 15.5 Å². The molecule has 0 aliphatic rings. The van der Waals surface area contributed by atoms with Gasteiger partial charge in [0.2, 0.25) is 15.2 Å². The Balaban J connectivity index is 1.48. The fraction of sp³-hybridized carbons (Fsp3) is 0.192. The summed E-state index contributed by atoms with van der Waals surface area (Å²) in [5.74, 6) is -0.308. The molecule has 180 valence electrons. The zero-order chi connectivity index (χ0) is 25.2. The molecule has 0 aliphatic heterocycles. The van der Waals surface area contributed by atoms with Crippen LogP contribution in [0.2, 0.25) is 0 Å². The first-order valence-electron chi connectivity index (χ1n) is 11.0. The molecule has 9 heteroatoms. The summed E-state index contributed by atoms with van der Waals surface area (Å²) in [5.41, 5.74) is 5.76. The van der Waals surface area contributed by atoms with E-state index in [0.717, 1.165) is 32.8 Å². The summed E-state index contributed by atoms with van der Waals surface area (Å²) in [6.45, 7) is 5.98. The SMILES string of the molecule is Cc1ccc(-c2nnc(NC(=O)c3ccc(CN(c4c(C)cccc4C)S(C)(=O)=O)cc3)s2)cc1. The summed E-state index contributed by atoms with van der Waals surface area (Å²) >= 11 is 1.30. The number of carbonyl (C=O) groups is 1. The molecule has 1 N–H and O–H groups in total. The van der Waals surface area contributed by atoms with Crippen LogP contribution in [0.5, 0.6) is 0 Å². The van der Waals surface area contributed by atoms with Crippen molar-refractivity contribution in [2.24, 2.45) is 0 Å². The second-order valence-corrected chi connectivity index (χ2v) is 11.3. The molecule has 0 saturated carbocycles. The van der Waals surface area contributed by atoms with Crippen molar-refractivity contribution in [2.75, 3.05) is 15.9 Å². The maximum absolute atomic E-state index is 12.7. The first kappa shape index (κ1) is 24.6. The van der Waals surface area contributed by atoms with Crippen LogP contribution < -0.4 is 9.62 Å². The molecule has 7 nitrogen and oxygen atoms in total. The number of carbonyl (C=O) groups excluding carboxylic acids is 1. The molecule has 0 fully saturated rings. The lowest BCUT2D eigenvalue weighted by atomic mass is 10.1. The number of sulfonamides is 1. The first-order valence-corrected chi connectivity index (χ1v) is 13.6. The molecule has 4 rings (SSSR count). The Bertz CT molecular complexity index is 1440. The zero-order valence-corrected chi connectivity index (χ0v) is 21.6. The summed E-state index contributed by atoms with van der Waals surface area (Å²) < 4.78 is 26.6. The quantitative estimate of drug-likeness (QED) is 0.365. The summed E-state index contributed by atoms with van der Waals surface area (Å²) in [5, 5.41) is 12.2. The Morgan fingerprint density at radius 2 is 1.54 bits per heavy atom. The molecule has 0 spiro atoms. The number of benzene rings is 3. The number of amides is 1. The fourth-order valence-electron chi connectivity index (χ4n) is 3.74. The van der Waals surface area contributed by atoms with Gasteiger partial charge in [0.25, 0.3) is 5.91 Å². The van der Waals surface area contributed by atoms with Crippen molar-refractivity contribution in [3.8, 4) is 10.6 Å². The maximum Gasteiger partial charge on any atom is 0.257 e. The summed E-state index contributed by atoms with van der Waals surface area (Å²) in [6, 6.07) is 20.5. The third-order valence-electron chi connectivity index (χ3n) is 5.58. The van der Waals surface area contributed by atoms with Crippen LogP contribution in [0.15, 0.2) is 66.7 Å². The van der Waals surface area contributed by atoms with Crippen molar-refractivity contribution < 1.29 is 13.2 Å². The van der Waals surface area contributed by atoms with Crippen LogP contribution in [0.25, 0.3) is 10.6 Å². The lowest BCUT2D eigenvalue weighted by molar-refractivity contribution is 0.102. The molecule has 0 bridgehead atoms. The van der Waals surface area contributed by atoms with Gasteiger partial charge in [-0.1, -0.05) is 71.5 Å². The van der Waals surface area contributed by atoms with Crippen LogP contribution in [0.4, 0.5) is 10.8 Å².